The molecule has 3 heteroatoms. The Morgan fingerprint density at radius 3 is 2.08 bits per heavy atom. The number of nitrogens with one attached hydrogen (secondary N) is 1. The lowest BCUT2D eigenvalue weighted by Crippen LogP contribution is -2.35. The Balaban J connectivity index is 3.12. The first-order chi connectivity index (χ1) is 5.54. The Labute approximate surface area is 73.8 Å². The van der Waals surface area contributed by atoms with Gasteiger partial charge in [-0.05, 0) is 0 Å². The van der Waals surface area contributed by atoms with E-state index in [1.807, 2.05) is 11.7 Å². The van der Waals surface area contributed by atoms with Crippen molar-refractivity contribution in [3.8, 4) is 0 Å². The van der Waals surface area contributed by atoms with Crippen LogP contribution in [0.15, 0.2) is 0 Å². The fourth-order valence-corrected chi connectivity index (χ4v) is 1.52. The molecular weight excluding hydrogens is 150 g/mol. The van der Waals surface area contributed by atoms with Crippen molar-refractivity contribution < 1.29 is 4.68 Å². The van der Waals surface area contributed by atoms with E-state index in [0.29, 0.717) is 11.8 Å². The van der Waals surface area contributed by atoms with Gasteiger partial charge >= 0.3 is 0 Å². The number of aromatic nitrogens is 3. The SMILES string of the molecule is CC(C)c1n[nH][n+](C)c1C(C)C. The Morgan fingerprint density at radius 2 is 1.75 bits per heavy atom. The van der Waals surface area contributed by atoms with E-state index in [0.717, 1.165) is 0 Å². The Hall–Kier alpha value is -0.860. The van der Waals surface area contributed by atoms with Crippen molar-refractivity contribution in [2.75, 3.05) is 0 Å². The summed E-state index contributed by atoms with van der Waals surface area (Å²) < 4.78 is 2.00. The highest BCUT2D eigenvalue weighted by Crippen LogP contribution is 2.19. The maximum atomic E-state index is 4.27. The minimum Gasteiger partial charge on any atom is -0.162 e. The van der Waals surface area contributed by atoms with Crippen LogP contribution in [0.1, 0.15) is 50.9 Å². The largest absolute Gasteiger partial charge is 0.224 e. The van der Waals surface area contributed by atoms with E-state index in [-0.39, 0.29) is 0 Å². The van der Waals surface area contributed by atoms with Gasteiger partial charge in [-0.2, -0.15) is 4.68 Å². The molecule has 0 spiro atoms. The van der Waals surface area contributed by atoms with E-state index in [9.17, 15) is 0 Å². The summed E-state index contributed by atoms with van der Waals surface area (Å²) in [5, 5.41) is 7.24. The summed E-state index contributed by atoms with van der Waals surface area (Å²) in [6.07, 6.45) is 0. The van der Waals surface area contributed by atoms with Crippen LogP contribution in [0, 0.1) is 0 Å². The van der Waals surface area contributed by atoms with Crippen molar-refractivity contribution in [2.45, 2.75) is 39.5 Å². The predicted octanol–water partition coefficient (Wildman–Crippen LogP) is 1.48. The molecule has 1 aromatic heterocycles. The third-order valence-electron chi connectivity index (χ3n) is 2.04. The summed E-state index contributed by atoms with van der Waals surface area (Å²) in [4.78, 5) is 0. The van der Waals surface area contributed by atoms with Crippen LogP contribution < -0.4 is 4.68 Å². The Bertz CT molecular complexity index is 261. The van der Waals surface area contributed by atoms with Gasteiger partial charge in [0.1, 0.15) is 7.05 Å². The molecule has 68 valence electrons. The molecule has 0 aliphatic heterocycles. The van der Waals surface area contributed by atoms with E-state index in [1.165, 1.54) is 11.4 Å². The molecule has 0 saturated heterocycles. The van der Waals surface area contributed by atoms with Gasteiger partial charge in [0.15, 0.2) is 5.69 Å². The minimum absolute atomic E-state index is 0.500. The maximum absolute atomic E-state index is 4.27. The number of aromatic amines is 1. The molecule has 12 heavy (non-hydrogen) atoms. The molecule has 0 atom stereocenters. The van der Waals surface area contributed by atoms with E-state index in [1.54, 1.807) is 0 Å². The van der Waals surface area contributed by atoms with Gasteiger partial charge in [-0.15, -0.1) is 0 Å². The van der Waals surface area contributed by atoms with Gasteiger partial charge < -0.3 is 0 Å². The van der Waals surface area contributed by atoms with Gasteiger partial charge in [0.25, 0.3) is 0 Å². The Kier molecular flexibility index (Phi) is 2.50. The normalized spacial score (nSPS) is 11.6. The second-order valence-electron chi connectivity index (χ2n) is 3.85. The van der Waals surface area contributed by atoms with Crippen LogP contribution in [0.5, 0.6) is 0 Å². The quantitative estimate of drug-likeness (QED) is 0.667. The lowest BCUT2D eigenvalue weighted by atomic mass is 10.0. The first-order valence-electron chi connectivity index (χ1n) is 4.48. The highest BCUT2D eigenvalue weighted by Gasteiger charge is 2.23. The van der Waals surface area contributed by atoms with Crippen LogP contribution in [-0.4, -0.2) is 10.3 Å². The van der Waals surface area contributed by atoms with Gasteiger partial charge in [-0.25, -0.2) is 0 Å². The molecule has 1 aromatic rings. The molecule has 0 aromatic carbocycles. The van der Waals surface area contributed by atoms with Gasteiger partial charge in [-0.1, -0.05) is 32.9 Å². The summed E-state index contributed by atoms with van der Waals surface area (Å²) >= 11 is 0. The third kappa shape index (κ3) is 1.49. The summed E-state index contributed by atoms with van der Waals surface area (Å²) in [7, 11) is 2.01. The fraction of sp³-hybridized carbons (Fsp3) is 0.778. The summed E-state index contributed by atoms with van der Waals surface area (Å²) in [5.74, 6) is 1.03. The molecule has 0 aliphatic carbocycles. The highest BCUT2D eigenvalue weighted by atomic mass is 15.4. The van der Waals surface area contributed by atoms with Crippen LogP contribution in [0.2, 0.25) is 0 Å². The van der Waals surface area contributed by atoms with E-state index in [4.69, 9.17) is 0 Å². The lowest BCUT2D eigenvalue weighted by Gasteiger charge is -2.02. The maximum Gasteiger partial charge on any atom is 0.224 e. The van der Waals surface area contributed by atoms with Crippen LogP contribution in [0.4, 0.5) is 0 Å². The molecule has 1 heterocycles. The molecule has 0 amide bonds. The topological polar surface area (TPSA) is 32.6 Å². The highest BCUT2D eigenvalue weighted by molar-refractivity contribution is 5.11. The zero-order valence-corrected chi connectivity index (χ0v) is 8.55. The molecule has 0 fully saturated rings. The van der Waals surface area contributed by atoms with Crippen LogP contribution in [0.3, 0.4) is 0 Å². The van der Waals surface area contributed by atoms with Crippen LogP contribution in [0.25, 0.3) is 0 Å². The molecule has 0 saturated carbocycles. The molecular formula is C9H18N3+. The van der Waals surface area contributed by atoms with Crippen molar-refractivity contribution in [1.29, 1.82) is 0 Å². The molecule has 0 radical (unpaired) electrons. The Morgan fingerprint density at radius 1 is 1.17 bits per heavy atom. The van der Waals surface area contributed by atoms with E-state index in [2.05, 4.69) is 38.0 Å². The number of nitrogens with zero attached hydrogens (tertiary/aromatic N) is 2. The summed E-state index contributed by atoms with van der Waals surface area (Å²) in [6, 6.07) is 0. The van der Waals surface area contributed by atoms with Crippen molar-refractivity contribution in [2.24, 2.45) is 7.05 Å². The molecule has 0 bridgehead atoms. The average Bonchev–Trinajstić information content (AvgIpc) is 2.30. The van der Waals surface area contributed by atoms with Gasteiger partial charge in [0.2, 0.25) is 5.69 Å². The number of hydrogen-bond donors (Lipinski definition) is 1. The monoisotopic (exact) mass is 168 g/mol. The fourth-order valence-electron chi connectivity index (χ4n) is 1.52. The zero-order valence-electron chi connectivity index (χ0n) is 8.55. The summed E-state index contributed by atoms with van der Waals surface area (Å²) in [5.41, 5.74) is 2.50. The molecule has 0 aliphatic rings. The number of H-pyrrole nitrogens is 1. The summed E-state index contributed by atoms with van der Waals surface area (Å²) in [6.45, 7) is 8.72. The predicted molar refractivity (Wildman–Crippen MR) is 47.9 cm³/mol. The third-order valence-corrected chi connectivity index (χ3v) is 2.04. The van der Waals surface area contributed by atoms with Crippen LogP contribution in [-0.2, 0) is 7.05 Å². The van der Waals surface area contributed by atoms with E-state index >= 15 is 0 Å². The van der Waals surface area contributed by atoms with E-state index < -0.39 is 0 Å². The first kappa shape index (κ1) is 9.23. The van der Waals surface area contributed by atoms with Crippen molar-refractivity contribution in [3.63, 3.8) is 0 Å². The molecule has 1 rings (SSSR count). The minimum atomic E-state index is 0.500. The number of hydrogen-bond acceptors (Lipinski definition) is 1. The second-order valence-corrected chi connectivity index (χ2v) is 3.85. The standard InChI is InChI=1S/C9H17N3/c1-6(2)8-9(7(3)4)12(5)11-10-8/h6-7H,1-5H3/p+1. The number of rotatable bonds is 2. The zero-order chi connectivity index (χ0) is 9.30. The second kappa shape index (κ2) is 3.25. The molecule has 3 nitrogen and oxygen atoms in total. The van der Waals surface area contributed by atoms with Crippen molar-refractivity contribution in [3.05, 3.63) is 11.4 Å². The van der Waals surface area contributed by atoms with Crippen LogP contribution >= 0.6 is 0 Å². The van der Waals surface area contributed by atoms with Gasteiger partial charge in [-0.3, -0.25) is 0 Å². The number of aryl methyl sites for hydroxylation is 1. The smallest absolute Gasteiger partial charge is 0.162 e. The average molecular weight is 168 g/mol. The molecule has 0 unspecified atom stereocenters. The lowest BCUT2D eigenvalue weighted by molar-refractivity contribution is -0.738. The van der Waals surface area contributed by atoms with Gasteiger partial charge in [0, 0.05) is 16.9 Å². The van der Waals surface area contributed by atoms with Crippen molar-refractivity contribution >= 4 is 0 Å². The first-order valence-corrected chi connectivity index (χ1v) is 4.48. The van der Waals surface area contributed by atoms with Gasteiger partial charge in [0.05, 0.1) is 0 Å². The molecule has 1 N–H and O–H groups in total. The van der Waals surface area contributed by atoms with Crippen molar-refractivity contribution in [1.82, 2.24) is 10.3 Å².